The molecule has 0 saturated carbocycles. The molecule has 3 rings (SSSR count). The van der Waals surface area contributed by atoms with E-state index in [0.717, 1.165) is 29.4 Å². The smallest absolute Gasteiger partial charge is 0.246 e. The van der Waals surface area contributed by atoms with Gasteiger partial charge in [0.25, 0.3) is 0 Å². The van der Waals surface area contributed by atoms with Crippen molar-refractivity contribution in [1.29, 1.82) is 0 Å². The number of nitrogens with two attached hydrogens (primary N) is 1. The van der Waals surface area contributed by atoms with Gasteiger partial charge in [0.05, 0.1) is 5.52 Å². The van der Waals surface area contributed by atoms with Crippen molar-refractivity contribution in [2.24, 2.45) is 5.73 Å². The molecule has 0 bridgehead atoms. The van der Waals surface area contributed by atoms with Gasteiger partial charge in [-0.1, -0.05) is 18.2 Å². The number of aromatic nitrogens is 1. The van der Waals surface area contributed by atoms with E-state index in [1.54, 1.807) is 17.2 Å². The van der Waals surface area contributed by atoms with Crippen LogP contribution in [0.5, 0.6) is 0 Å². The zero-order valence-electron chi connectivity index (χ0n) is 11.2. The second-order valence-corrected chi connectivity index (χ2v) is 5.08. The van der Waals surface area contributed by atoms with Crippen molar-refractivity contribution >= 4 is 22.9 Å². The van der Waals surface area contributed by atoms with Gasteiger partial charge < -0.3 is 10.6 Å². The molecule has 2 N–H and O–H groups in total. The molecule has 1 fully saturated rings. The predicted molar refractivity (Wildman–Crippen MR) is 79.9 cm³/mol. The number of hydrogen-bond acceptors (Lipinski definition) is 3. The van der Waals surface area contributed by atoms with Crippen LogP contribution in [0.4, 0.5) is 0 Å². The molecule has 0 aliphatic carbocycles. The predicted octanol–water partition coefficient (Wildman–Crippen LogP) is 1.81. The van der Waals surface area contributed by atoms with Crippen LogP contribution in [0.15, 0.2) is 42.6 Å². The number of likely N-dealkylation sites (tertiary alicyclic amines) is 1. The van der Waals surface area contributed by atoms with Crippen molar-refractivity contribution in [1.82, 2.24) is 9.88 Å². The van der Waals surface area contributed by atoms with E-state index in [1.165, 1.54) is 0 Å². The van der Waals surface area contributed by atoms with Crippen molar-refractivity contribution in [3.8, 4) is 0 Å². The molecule has 0 radical (unpaired) electrons. The number of nitrogens with zero attached hydrogens (tertiary/aromatic N) is 2. The lowest BCUT2D eigenvalue weighted by Gasteiger charge is -2.12. The second kappa shape index (κ2) is 5.43. The topological polar surface area (TPSA) is 59.2 Å². The summed E-state index contributed by atoms with van der Waals surface area (Å²) in [7, 11) is 0. The summed E-state index contributed by atoms with van der Waals surface area (Å²) in [6, 6.07) is 9.95. The summed E-state index contributed by atoms with van der Waals surface area (Å²) in [5, 5.41) is 1.05. The lowest BCUT2D eigenvalue weighted by atomic mass is 10.1. The van der Waals surface area contributed by atoms with Gasteiger partial charge >= 0.3 is 0 Å². The minimum atomic E-state index is 0.0267. The first-order valence-electron chi connectivity index (χ1n) is 6.80. The minimum absolute atomic E-state index is 0.0267. The van der Waals surface area contributed by atoms with Crippen molar-refractivity contribution in [3.05, 3.63) is 48.2 Å². The van der Waals surface area contributed by atoms with Crippen LogP contribution in [0.2, 0.25) is 0 Å². The van der Waals surface area contributed by atoms with Gasteiger partial charge in [0, 0.05) is 36.8 Å². The number of hydrogen-bond donors (Lipinski definition) is 1. The molecule has 4 nitrogen and oxygen atoms in total. The van der Waals surface area contributed by atoms with Gasteiger partial charge in [-0.2, -0.15) is 0 Å². The van der Waals surface area contributed by atoms with E-state index in [1.807, 2.05) is 36.4 Å². The standard InChI is InChI=1S/C16H17N3O/c17-13-8-10-19(11-13)16(20)6-5-12-7-9-18-15-4-2-1-3-14(12)15/h1-7,9,13H,8,10-11,17H2/b6-5+/t13-/m1/s1. The SMILES string of the molecule is N[C@@H]1CCN(C(=O)/C=C/c2ccnc3ccccc23)C1. The van der Waals surface area contributed by atoms with E-state index in [4.69, 9.17) is 5.73 Å². The first kappa shape index (κ1) is 12.8. The fourth-order valence-corrected chi connectivity index (χ4v) is 2.52. The average molecular weight is 267 g/mol. The summed E-state index contributed by atoms with van der Waals surface area (Å²) in [6.07, 6.45) is 6.13. The van der Waals surface area contributed by atoms with E-state index in [0.29, 0.717) is 6.54 Å². The van der Waals surface area contributed by atoms with Crippen LogP contribution in [0.3, 0.4) is 0 Å². The highest BCUT2D eigenvalue weighted by Crippen LogP contribution is 2.17. The van der Waals surface area contributed by atoms with Crippen LogP contribution in [0, 0.1) is 0 Å². The van der Waals surface area contributed by atoms with Crippen molar-refractivity contribution in [2.45, 2.75) is 12.5 Å². The molecule has 1 aliphatic heterocycles. The van der Waals surface area contributed by atoms with Gasteiger partial charge in [-0.15, -0.1) is 0 Å². The van der Waals surface area contributed by atoms with E-state index in [2.05, 4.69) is 4.98 Å². The van der Waals surface area contributed by atoms with Gasteiger partial charge in [0.15, 0.2) is 0 Å². The lowest BCUT2D eigenvalue weighted by molar-refractivity contribution is -0.124. The molecule has 1 atom stereocenters. The zero-order chi connectivity index (χ0) is 13.9. The molecule has 1 saturated heterocycles. The Morgan fingerprint density at radius 2 is 2.20 bits per heavy atom. The summed E-state index contributed by atoms with van der Waals surface area (Å²) in [6.45, 7) is 1.40. The number of para-hydroxylation sites is 1. The van der Waals surface area contributed by atoms with Crippen LogP contribution in [-0.4, -0.2) is 34.9 Å². The molecule has 20 heavy (non-hydrogen) atoms. The second-order valence-electron chi connectivity index (χ2n) is 5.08. The third-order valence-electron chi connectivity index (χ3n) is 3.62. The third-order valence-corrected chi connectivity index (χ3v) is 3.62. The third kappa shape index (κ3) is 2.56. The Morgan fingerprint density at radius 3 is 3.00 bits per heavy atom. The normalized spacial score (nSPS) is 19.1. The van der Waals surface area contributed by atoms with Gasteiger partial charge in [-0.3, -0.25) is 9.78 Å². The van der Waals surface area contributed by atoms with Gasteiger partial charge in [-0.05, 0) is 30.2 Å². The molecule has 1 aromatic carbocycles. The highest BCUT2D eigenvalue weighted by atomic mass is 16.2. The highest BCUT2D eigenvalue weighted by molar-refractivity contribution is 5.95. The van der Waals surface area contributed by atoms with E-state index >= 15 is 0 Å². The Kier molecular flexibility index (Phi) is 3.48. The summed E-state index contributed by atoms with van der Waals surface area (Å²) in [5.41, 5.74) is 7.76. The zero-order valence-corrected chi connectivity index (χ0v) is 11.2. The number of rotatable bonds is 2. The molecule has 1 amide bonds. The Hall–Kier alpha value is -2.20. The molecule has 0 spiro atoms. The molecule has 102 valence electrons. The van der Waals surface area contributed by atoms with Crippen molar-refractivity contribution in [3.63, 3.8) is 0 Å². The van der Waals surface area contributed by atoms with Gasteiger partial charge in [-0.25, -0.2) is 0 Å². The number of carbonyl (C=O) groups is 1. The fourth-order valence-electron chi connectivity index (χ4n) is 2.52. The Bertz CT molecular complexity index is 660. The van der Waals surface area contributed by atoms with Crippen LogP contribution in [-0.2, 0) is 4.79 Å². The number of pyridine rings is 1. The molecule has 2 heterocycles. The Balaban J connectivity index is 1.82. The quantitative estimate of drug-likeness (QED) is 0.844. The molecule has 2 aromatic rings. The average Bonchev–Trinajstić information content (AvgIpc) is 2.91. The molecule has 1 aliphatic rings. The highest BCUT2D eigenvalue weighted by Gasteiger charge is 2.21. The molecule has 1 aromatic heterocycles. The lowest BCUT2D eigenvalue weighted by Crippen LogP contribution is -2.30. The van der Waals surface area contributed by atoms with E-state index in [-0.39, 0.29) is 11.9 Å². The summed E-state index contributed by atoms with van der Waals surface area (Å²) in [4.78, 5) is 18.2. The number of amides is 1. The van der Waals surface area contributed by atoms with Crippen molar-refractivity contribution in [2.75, 3.05) is 13.1 Å². The first-order valence-corrected chi connectivity index (χ1v) is 6.80. The summed E-state index contributed by atoms with van der Waals surface area (Å²) >= 11 is 0. The number of benzene rings is 1. The number of fused-ring (bicyclic) bond motifs is 1. The molecule has 4 heteroatoms. The van der Waals surface area contributed by atoms with Crippen LogP contribution >= 0.6 is 0 Å². The molecular formula is C16H17N3O. The van der Waals surface area contributed by atoms with Crippen LogP contribution < -0.4 is 5.73 Å². The monoisotopic (exact) mass is 267 g/mol. The Morgan fingerprint density at radius 1 is 1.35 bits per heavy atom. The van der Waals surface area contributed by atoms with Gasteiger partial charge in [0.1, 0.15) is 0 Å². The van der Waals surface area contributed by atoms with Crippen LogP contribution in [0.1, 0.15) is 12.0 Å². The van der Waals surface area contributed by atoms with E-state index in [9.17, 15) is 4.79 Å². The van der Waals surface area contributed by atoms with E-state index < -0.39 is 0 Å². The largest absolute Gasteiger partial charge is 0.338 e. The van der Waals surface area contributed by atoms with Gasteiger partial charge in [0.2, 0.25) is 5.91 Å². The maximum Gasteiger partial charge on any atom is 0.246 e. The maximum absolute atomic E-state index is 12.1. The minimum Gasteiger partial charge on any atom is -0.338 e. The van der Waals surface area contributed by atoms with Crippen molar-refractivity contribution < 1.29 is 4.79 Å². The summed E-state index contributed by atoms with van der Waals surface area (Å²) in [5.74, 6) is 0.0267. The van der Waals surface area contributed by atoms with Crippen LogP contribution in [0.25, 0.3) is 17.0 Å². The molecular weight excluding hydrogens is 250 g/mol. The molecule has 0 unspecified atom stereocenters. The summed E-state index contributed by atoms with van der Waals surface area (Å²) < 4.78 is 0. The number of carbonyl (C=O) groups excluding carboxylic acids is 1. The fraction of sp³-hybridized carbons (Fsp3) is 0.250. The maximum atomic E-state index is 12.1. The first-order chi connectivity index (χ1) is 9.74. The Labute approximate surface area is 117 Å².